The van der Waals surface area contributed by atoms with E-state index in [9.17, 15) is 4.79 Å². The van der Waals surface area contributed by atoms with Crippen molar-refractivity contribution in [3.63, 3.8) is 0 Å². The maximum atomic E-state index is 12.3. The summed E-state index contributed by atoms with van der Waals surface area (Å²) in [6.45, 7) is 8.67. The molecule has 0 radical (unpaired) electrons. The molecule has 0 spiro atoms. The van der Waals surface area contributed by atoms with Crippen molar-refractivity contribution >= 4 is 5.91 Å². The molecule has 2 bridgehead atoms. The van der Waals surface area contributed by atoms with Gasteiger partial charge in [0.2, 0.25) is 5.91 Å². The standard InChI is InChI=1S/C19H30N2O2/c1-14(2)11-21-12-15-5-3-6-16(13-21)18(15)9-19(22)20-10-17-7-4-8-23-17/h4,7-8,14-16,18H,3,5-6,9-13H2,1-2H3,(H,20,22)/t15-,16+,18?. The van der Waals surface area contributed by atoms with E-state index in [1.165, 1.54) is 38.9 Å². The molecule has 4 heteroatoms. The van der Waals surface area contributed by atoms with Gasteiger partial charge in [-0.25, -0.2) is 0 Å². The first-order valence-corrected chi connectivity index (χ1v) is 9.13. The highest BCUT2D eigenvalue weighted by Crippen LogP contribution is 2.41. The average Bonchev–Trinajstić information content (AvgIpc) is 2.98. The summed E-state index contributed by atoms with van der Waals surface area (Å²) < 4.78 is 5.28. The van der Waals surface area contributed by atoms with Gasteiger partial charge in [0.1, 0.15) is 5.76 Å². The molecule has 1 saturated heterocycles. The second kappa shape index (κ2) is 7.52. The van der Waals surface area contributed by atoms with Crippen LogP contribution >= 0.6 is 0 Å². The Bertz CT molecular complexity index is 483. The predicted octanol–water partition coefficient (Wildman–Crippen LogP) is 3.29. The molecule has 23 heavy (non-hydrogen) atoms. The number of amides is 1. The van der Waals surface area contributed by atoms with E-state index in [0.29, 0.717) is 30.7 Å². The van der Waals surface area contributed by atoms with E-state index in [1.807, 2.05) is 12.1 Å². The highest BCUT2D eigenvalue weighted by atomic mass is 16.3. The number of fused-ring (bicyclic) bond motifs is 2. The molecule has 1 saturated carbocycles. The van der Waals surface area contributed by atoms with E-state index in [1.54, 1.807) is 6.26 Å². The molecule has 1 aromatic rings. The third-order valence-corrected chi connectivity index (χ3v) is 5.43. The number of hydrogen-bond donors (Lipinski definition) is 1. The first kappa shape index (κ1) is 16.6. The van der Waals surface area contributed by atoms with Crippen LogP contribution in [-0.2, 0) is 11.3 Å². The maximum Gasteiger partial charge on any atom is 0.220 e. The van der Waals surface area contributed by atoms with Crippen LogP contribution in [0.4, 0.5) is 0 Å². The monoisotopic (exact) mass is 318 g/mol. The van der Waals surface area contributed by atoms with Crippen molar-refractivity contribution in [2.24, 2.45) is 23.7 Å². The number of hydrogen-bond acceptors (Lipinski definition) is 3. The SMILES string of the molecule is CC(C)CN1C[C@H]2CCC[C@@H](C1)C2CC(=O)NCc1ccco1. The molecular weight excluding hydrogens is 288 g/mol. The first-order chi connectivity index (χ1) is 11.1. The van der Waals surface area contributed by atoms with Crippen molar-refractivity contribution < 1.29 is 9.21 Å². The summed E-state index contributed by atoms with van der Waals surface area (Å²) >= 11 is 0. The molecule has 128 valence electrons. The Morgan fingerprint density at radius 3 is 2.70 bits per heavy atom. The number of carbonyl (C=O) groups is 1. The van der Waals surface area contributed by atoms with Crippen molar-refractivity contribution in [1.82, 2.24) is 10.2 Å². The van der Waals surface area contributed by atoms with E-state index in [-0.39, 0.29) is 5.91 Å². The molecule has 2 aliphatic rings. The van der Waals surface area contributed by atoms with Gasteiger partial charge in [0, 0.05) is 26.1 Å². The molecular formula is C19H30N2O2. The Hall–Kier alpha value is -1.29. The quantitative estimate of drug-likeness (QED) is 0.875. The normalized spacial score (nSPS) is 28.0. The van der Waals surface area contributed by atoms with E-state index in [2.05, 4.69) is 24.1 Å². The van der Waals surface area contributed by atoms with Gasteiger partial charge in [0.05, 0.1) is 12.8 Å². The van der Waals surface area contributed by atoms with E-state index < -0.39 is 0 Å². The minimum absolute atomic E-state index is 0.181. The van der Waals surface area contributed by atoms with Crippen LogP contribution in [0.2, 0.25) is 0 Å². The third-order valence-electron chi connectivity index (χ3n) is 5.43. The Morgan fingerprint density at radius 2 is 2.09 bits per heavy atom. The molecule has 1 unspecified atom stereocenters. The molecule has 1 aliphatic heterocycles. The maximum absolute atomic E-state index is 12.3. The van der Waals surface area contributed by atoms with E-state index in [0.717, 1.165) is 11.7 Å². The summed E-state index contributed by atoms with van der Waals surface area (Å²) in [5, 5.41) is 3.02. The zero-order valence-corrected chi connectivity index (χ0v) is 14.5. The lowest BCUT2D eigenvalue weighted by molar-refractivity contribution is -0.124. The van der Waals surface area contributed by atoms with Crippen LogP contribution in [0.25, 0.3) is 0 Å². The number of nitrogens with zero attached hydrogens (tertiary/aromatic N) is 1. The number of furan rings is 1. The van der Waals surface area contributed by atoms with Gasteiger partial charge in [-0.3, -0.25) is 4.79 Å². The second-order valence-electron chi connectivity index (χ2n) is 7.79. The lowest BCUT2D eigenvalue weighted by Crippen LogP contribution is -2.50. The van der Waals surface area contributed by atoms with Crippen LogP contribution in [0, 0.1) is 23.7 Å². The molecule has 2 heterocycles. The van der Waals surface area contributed by atoms with Crippen molar-refractivity contribution in [3.05, 3.63) is 24.2 Å². The number of rotatable bonds is 6. The highest BCUT2D eigenvalue weighted by Gasteiger charge is 2.40. The molecule has 3 rings (SSSR count). The lowest BCUT2D eigenvalue weighted by atomic mass is 9.67. The summed E-state index contributed by atoms with van der Waals surface area (Å²) in [5.74, 6) is 3.71. The van der Waals surface area contributed by atoms with Crippen LogP contribution in [-0.4, -0.2) is 30.4 Å². The van der Waals surface area contributed by atoms with Gasteiger partial charge in [0.15, 0.2) is 0 Å². The third kappa shape index (κ3) is 4.37. The number of piperidine rings is 1. The van der Waals surface area contributed by atoms with Crippen LogP contribution in [0.3, 0.4) is 0 Å². The highest BCUT2D eigenvalue weighted by molar-refractivity contribution is 5.76. The van der Waals surface area contributed by atoms with Crippen LogP contribution in [0.15, 0.2) is 22.8 Å². The summed E-state index contributed by atoms with van der Waals surface area (Å²) in [5.41, 5.74) is 0. The molecule has 3 atom stereocenters. The van der Waals surface area contributed by atoms with Gasteiger partial charge in [-0.05, 0) is 48.6 Å². The molecule has 1 aromatic heterocycles. The largest absolute Gasteiger partial charge is 0.467 e. The average molecular weight is 318 g/mol. The predicted molar refractivity (Wildman–Crippen MR) is 90.8 cm³/mol. The van der Waals surface area contributed by atoms with Crippen LogP contribution in [0.1, 0.15) is 45.3 Å². The smallest absolute Gasteiger partial charge is 0.220 e. The van der Waals surface area contributed by atoms with E-state index >= 15 is 0 Å². The van der Waals surface area contributed by atoms with Gasteiger partial charge in [-0.2, -0.15) is 0 Å². The fourth-order valence-corrected chi connectivity index (χ4v) is 4.53. The summed E-state index contributed by atoms with van der Waals surface area (Å²) in [4.78, 5) is 15.0. The fraction of sp³-hybridized carbons (Fsp3) is 0.737. The van der Waals surface area contributed by atoms with Crippen molar-refractivity contribution in [2.75, 3.05) is 19.6 Å². The van der Waals surface area contributed by atoms with Gasteiger partial charge < -0.3 is 14.6 Å². The summed E-state index contributed by atoms with van der Waals surface area (Å²) in [7, 11) is 0. The van der Waals surface area contributed by atoms with Gasteiger partial charge in [-0.1, -0.05) is 20.3 Å². The zero-order valence-electron chi connectivity index (χ0n) is 14.5. The van der Waals surface area contributed by atoms with Crippen molar-refractivity contribution in [2.45, 2.75) is 46.1 Å². The fourth-order valence-electron chi connectivity index (χ4n) is 4.53. The summed E-state index contributed by atoms with van der Waals surface area (Å²) in [6.07, 6.45) is 6.26. The molecule has 1 amide bonds. The van der Waals surface area contributed by atoms with Gasteiger partial charge in [0.25, 0.3) is 0 Å². The van der Waals surface area contributed by atoms with E-state index in [4.69, 9.17) is 4.42 Å². The van der Waals surface area contributed by atoms with Crippen molar-refractivity contribution in [1.29, 1.82) is 0 Å². The number of carbonyl (C=O) groups excluding carboxylic acids is 1. The first-order valence-electron chi connectivity index (χ1n) is 9.13. The molecule has 1 aliphatic carbocycles. The Labute approximate surface area is 139 Å². The minimum atomic E-state index is 0.181. The van der Waals surface area contributed by atoms with Gasteiger partial charge in [-0.15, -0.1) is 0 Å². The topological polar surface area (TPSA) is 45.5 Å². The number of likely N-dealkylation sites (tertiary alicyclic amines) is 1. The Kier molecular flexibility index (Phi) is 5.42. The zero-order chi connectivity index (χ0) is 16.2. The second-order valence-corrected chi connectivity index (χ2v) is 7.79. The Morgan fingerprint density at radius 1 is 1.35 bits per heavy atom. The minimum Gasteiger partial charge on any atom is -0.467 e. The van der Waals surface area contributed by atoms with Crippen molar-refractivity contribution in [3.8, 4) is 0 Å². The number of nitrogens with one attached hydrogen (secondary N) is 1. The van der Waals surface area contributed by atoms with Gasteiger partial charge >= 0.3 is 0 Å². The Balaban J connectivity index is 1.52. The van der Waals surface area contributed by atoms with Crippen LogP contribution < -0.4 is 5.32 Å². The summed E-state index contributed by atoms with van der Waals surface area (Å²) in [6, 6.07) is 3.76. The van der Waals surface area contributed by atoms with Crippen LogP contribution in [0.5, 0.6) is 0 Å². The lowest BCUT2D eigenvalue weighted by Gasteiger charge is -2.47. The molecule has 1 N–H and O–H groups in total. The molecule has 4 nitrogen and oxygen atoms in total. The molecule has 0 aromatic carbocycles. The molecule has 2 fully saturated rings.